The zero-order valence-corrected chi connectivity index (χ0v) is 15.6. The van der Waals surface area contributed by atoms with Crippen LogP contribution in [-0.4, -0.2) is 69.8 Å². The molecule has 5 rings (SSSR count). The van der Waals surface area contributed by atoms with Crippen molar-refractivity contribution in [1.82, 2.24) is 4.90 Å². The molecular weight excluding hydrogens is 332 g/mol. The Morgan fingerprint density at radius 1 is 1.31 bits per heavy atom. The molecule has 0 aromatic carbocycles. The summed E-state index contributed by atoms with van der Waals surface area (Å²) in [5.41, 5.74) is 0.835. The van der Waals surface area contributed by atoms with Crippen LogP contribution in [-0.2, 0) is 9.59 Å². The second-order valence-corrected chi connectivity index (χ2v) is 8.69. The fraction of sp³-hybridized carbons (Fsp3) is 0.700. The molecular formula is C20H29N2O4+. The van der Waals surface area contributed by atoms with E-state index in [-0.39, 0.29) is 23.6 Å². The van der Waals surface area contributed by atoms with Gasteiger partial charge < -0.3 is 19.6 Å². The third-order valence-corrected chi connectivity index (χ3v) is 7.25. The van der Waals surface area contributed by atoms with Crippen LogP contribution < -0.4 is 0 Å². The molecule has 2 bridgehead atoms. The summed E-state index contributed by atoms with van der Waals surface area (Å²) in [7, 11) is 0. The highest BCUT2D eigenvalue weighted by Gasteiger charge is 2.59. The number of hydrogen-bond acceptors (Lipinski definition) is 3. The van der Waals surface area contributed by atoms with Gasteiger partial charge in [-0.3, -0.25) is 4.79 Å². The van der Waals surface area contributed by atoms with E-state index < -0.39 is 18.0 Å². The minimum Gasteiger partial charge on any atom is -0.477 e. The van der Waals surface area contributed by atoms with Gasteiger partial charge in [0.05, 0.1) is 44.2 Å². The molecule has 5 aliphatic heterocycles. The first kappa shape index (κ1) is 17.7. The van der Waals surface area contributed by atoms with Gasteiger partial charge in [-0.25, -0.2) is 4.79 Å². The lowest BCUT2D eigenvalue weighted by atomic mass is 9.77. The molecule has 6 heteroatoms. The number of piperidine rings is 3. The number of carboxylic acid groups (broad SMARTS) is 1. The lowest BCUT2D eigenvalue weighted by Gasteiger charge is -2.48. The number of hydrogen-bond donors (Lipinski definition) is 2. The molecule has 0 saturated carbocycles. The van der Waals surface area contributed by atoms with Gasteiger partial charge in [0.2, 0.25) is 5.91 Å². The summed E-state index contributed by atoms with van der Waals surface area (Å²) in [4.78, 5) is 25.6. The molecule has 0 radical (unpaired) electrons. The zero-order valence-electron chi connectivity index (χ0n) is 15.6. The van der Waals surface area contributed by atoms with Gasteiger partial charge in [-0.1, -0.05) is 13.0 Å². The summed E-state index contributed by atoms with van der Waals surface area (Å²) in [6.45, 7) is 8.20. The van der Waals surface area contributed by atoms with Crippen molar-refractivity contribution in [2.24, 2.45) is 17.8 Å². The van der Waals surface area contributed by atoms with Crippen molar-refractivity contribution in [2.75, 3.05) is 26.2 Å². The predicted molar refractivity (Wildman–Crippen MR) is 95.8 cm³/mol. The zero-order chi connectivity index (χ0) is 18.6. The number of amides is 1. The Balaban J connectivity index is 1.55. The van der Waals surface area contributed by atoms with Crippen LogP contribution in [0.4, 0.5) is 0 Å². The van der Waals surface area contributed by atoms with Crippen molar-refractivity contribution in [2.45, 2.75) is 45.3 Å². The molecule has 5 aliphatic rings. The SMILES string of the molecule is C[C@@H](O)[C@H]1C(=O)N2C(C(=O)O)=C(/C=C/C[N+]34CCC(CC3)CC4)[C@H](C)[C@H]12. The number of aliphatic carboxylic acids is 1. The minimum absolute atomic E-state index is 0.0678. The molecule has 0 aromatic rings. The number of aliphatic hydroxyl groups excluding tert-OH is 1. The van der Waals surface area contributed by atoms with Crippen molar-refractivity contribution in [3.63, 3.8) is 0 Å². The number of β-lactam (4-membered cyclic amide) rings is 1. The van der Waals surface area contributed by atoms with Crippen LogP contribution in [0.2, 0.25) is 0 Å². The van der Waals surface area contributed by atoms with Gasteiger partial charge in [0.1, 0.15) is 5.70 Å². The number of allylic oxidation sites excluding steroid dienone is 1. The number of carbonyl (C=O) groups excluding carboxylic acids is 1. The molecule has 0 spiro atoms. The summed E-state index contributed by atoms with van der Waals surface area (Å²) >= 11 is 0. The number of aliphatic hydroxyl groups is 1. The second kappa shape index (κ2) is 6.20. The second-order valence-electron chi connectivity index (χ2n) is 8.69. The molecule has 4 atom stereocenters. The summed E-state index contributed by atoms with van der Waals surface area (Å²) in [5, 5.41) is 19.6. The number of nitrogens with zero attached hydrogens (tertiary/aromatic N) is 2. The highest BCUT2D eigenvalue weighted by atomic mass is 16.4. The van der Waals surface area contributed by atoms with Crippen LogP contribution in [0.15, 0.2) is 23.4 Å². The van der Waals surface area contributed by atoms with Crippen LogP contribution in [0.5, 0.6) is 0 Å². The molecule has 26 heavy (non-hydrogen) atoms. The Labute approximate surface area is 154 Å². The topological polar surface area (TPSA) is 77.8 Å². The highest BCUT2D eigenvalue weighted by Crippen LogP contribution is 2.47. The first-order valence-electron chi connectivity index (χ1n) is 9.85. The number of carbonyl (C=O) groups is 2. The highest BCUT2D eigenvalue weighted by molar-refractivity contribution is 6.00. The Hall–Kier alpha value is -1.66. The maximum absolute atomic E-state index is 12.4. The summed E-state index contributed by atoms with van der Waals surface area (Å²) in [6.07, 6.45) is 7.24. The van der Waals surface area contributed by atoms with Gasteiger partial charge in [0, 0.05) is 5.92 Å². The monoisotopic (exact) mass is 361 g/mol. The summed E-state index contributed by atoms with van der Waals surface area (Å²) in [5.74, 6) is -0.961. The Morgan fingerprint density at radius 3 is 2.46 bits per heavy atom. The molecule has 4 saturated heterocycles. The largest absolute Gasteiger partial charge is 0.477 e. The molecule has 0 unspecified atom stereocenters. The lowest BCUT2D eigenvalue weighted by Crippen LogP contribution is -2.63. The van der Waals surface area contributed by atoms with Crippen molar-refractivity contribution in [3.05, 3.63) is 23.4 Å². The van der Waals surface area contributed by atoms with Crippen LogP contribution in [0.3, 0.4) is 0 Å². The van der Waals surface area contributed by atoms with Gasteiger partial charge in [0.15, 0.2) is 0 Å². The van der Waals surface area contributed by atoms with Crippen molar-refractivity contribution < 1.29 is 24.3 Å². The van der Waals surface area contributed by atoms with E-state index in [1.165, 1.54) is 43.8 Å². The molecule has 5 heterocycles. The van der Waals surface area contributed by atoms with E-state index in [1.54, 1.807) is 6.92 Å². The van der Waals surface area contributed by atoms with E-state index in [2.05, 4.69) is 6.08 Å². The van der Waals surface area contributed by atoms with Crippen LogP contribution in [0.1, 0.15) is 33.1 Å². The van der Waals surface area contributed by atoms with Crippen molar-refractivity contribution >= 4 is 11.9 Å². The minimum atomic E-state index is -1.05. The van der Waals surface area contributed by atoms with Crippen LogP contribution in [0.25, 0.3) is 0 Å². The molecule has 0 aromatic heterocycles. The number of fused-ring (bicyclic) bond motifs is 4. The van der Waals surface area contributed by atoms with Gasteiger partial charge in [-0.2, -0.15) is 0 Å². The summed E-state index contributed by atoms with van der Waals surface area (Å²) < 4.78 is 1.12. The van der Waals surface area contributed by atoms with Gasteiger partial charge in [-0.05, 0) is 43.8 Å². The molecule has 2 N–H and O–H groups in total. The van der Waals surface area contributed by atoms with E-state index >= 15 is 0 Å². The fourth-order valence-electron chi connectivity index (χ4n) is 5.63. The summed E-state index contributed by atoms with van der Waals surface area (Å²) in [6, 6.07) is -0.231. The smallest absolute Gasteiger partial charge is 0.352 e. The first-order chi connectivity index (χ1) is 12.3. The predicted octanol–water partition coefficient (Wildman–Crippen LogP) is 1.37. The van der Waals surface area contributed by atoms with E-state index in [9.17, 15) is 19.8 Å². The maximum Gasteiger partial charge on any atom is 0.352 e. The number of carboxylic acids is 1. The Morgan fingerprint density at radius 2 is 1.92 bits per heavy atom. The fourth-order valence-corrected chi connectivity index (χ4v) is 5.63. The first-order valence-corrected chi connectivity index (χ1v) is 9.85. The van der Waals surface area contributed by atoms with E-state index in [4.69, 9.17) is 0 Å². The molecule has 142 valence electrons. The van der Waals surface area contributed by atoms with E-state index in [1.807, 2.05) is 13.0 Å². The molecule has 1 amide bonds. The van der Waals surface area contributed by atoms with Crippen molar-refractivity contribution in [1.29, 1.82) is 0 Å². The van der Waals surface area contributed by atoms with E-state index in [0.29, 0.717) is 0 Å². The normalized spacial score (nSPS) is 40.1. The van der Waals surface area contributed by atoms with Crippen LogP contribution in [0, 0.1) is 17.8 Å². The number of quaternary nitrogens is 1. The van der Waals surface area contributed by atoms with E-state index in [0.717, 1.165) is 22.5 Å². The standard InChI is InChI=1S/C20H28N2O4/c1-12-15(4-3-8-22-9-5-14(6-10-22)7-11-22)18(20(25)26)21-17(12)16(13(2)23)19(21)24/h3-4,12-14,16-17,23H,5-11H2,1-2H3/p+1/b4-3+/t12-,13+,14?,16+,17+,22?/m0/s1. The van der Waals surface area contributed by atoms with Crippen LogP contribution >= 0.6 is 0 Å². The molecule has 4 fully saturated rings. The lowest BCUT2D eigenvalue weighted by molar-refractivity contribution is -0.937. The third-order valence-electron chi connectivity index (χ3n) is 7.25. The van der Waals surface area contributed by atoms with Gasteiger partial charge in [0.25, 0.3) is 0 Å². The molecule has 6 nitrogen and oxygen atoms in total. The maximum atomic E-state index is 12.4. The molecule has 0 aliphatic carbocycles. The average molecular weight is 361 g/mol. The number of rotatable bonds is 5. The van der Waals surface area contributed by atoms with Gasteiger partial charge in [-0.15, -0.1) is 0 Å². The van der Waals surface area contributed by atoms with Crippen molar-refractivity contribution in [3.8, 4) is 0 Å². The Kier molecular flexibility index (Phi) is 4.23. The van der Waals surface area contributed by atoms with Gasteiger partial charge >= 0.3 is 5.97 Å². The quantitative estimate of drug-likeness (QED) is 0.573. The third kappa shape index (κ3) is 2.54. The average Bonchev–Trinajstić information content (AvgIpc) is 2.85. The Bertz CT molecular complexity index is 674.